The van der Waals surface area contributed by atoms with Crippen LogP contribution in [0.3, 0.4) is 0 Å². The van der Waals surface area contributed by atoms with E-state index in [0.717, 1.165) is 12.8 Å². The summed E-state index contributed by atoms with van der Waals surface area (Å²) in [4.78, 5) is 20.5. The highest BCUT2D eigenvalue weighted by Gasteiger charge is 2.36. The number of hydrogen-bond donors (Lipinski definition) is 1. The minimum atomic E-state index is -0.872. The molecule has 0 atom stereocenters. The third-order valence-electron chi connectivity index (χ3n) is 5.38. The van der Waals surface area contributed by atoms with Crippen molar-refractivity contribution in [2.75, 3.05) is 19.6 Å². The molecule has 2 aliphatic heterocycles. The van der Waals surface area contributed by atoms with Crippen LogP contribution in [0.5, 0.6) is 0 Å². The summed E-state index contributed by atoms with van der Waals surface area (Å²) >= 11 is 0. The van der Waals surface area contributed by atoms with Gasteiger partial charge in [-0.05, 0) is 32.6 Å². The molecule has 0 radical (unpaired) electrons. The molecule has 0 bridgehead atoms. The topological polar surface area (TPSA) is 56.1 Å². The maximum absolute atomic E-state index is 12.6. The summed E-state index contributed by atoms with van der Waals surface area (Å²) < 4.78 is 0. The summed E-state index contributed by atoms with van der Waals surface area (Å²) in [5.74, 6) is 0.155. The third-order valence-corrected chi connectivity index (χ3v) is 5.38. The lowest BCUT2D eigenvalue weighted by atomic mass is 9.90. The number of nitrogens with zero attached hydrogens (tertiary/aromatic N) is 3. The zero-order valence-corrected chi connectivity index (χ0v) is 17.3. The van der Waals surface area contributed by atoms with Crippen molar-refractivity contribution in [3.63, 3.8) is 0 Å². The Balaban J connectivity index is 1.87. The van der Waals surface area contributed by atoms with E-state index in [0.29, 0.717) is 55.9 Å². The standard InChI is InChI=1S/C23H33N3O2/c1-6-8-21(9-7-2)10-11-22(27)25-14-12-23(28,13-15-25)16-26-17-24-19(4)18(3)20(26)5/h6,8-9,17,28H,3-5,7,10-16H2,1-2H3/b8-6-,21-9+. The fourth-order valence-electron chi connectivity index (χ4n) is 3.55. The van der Waals surface area contributed by atoms with Crippen LogP contribution in [0.15, 0.2) is 65.5 Å². The number of amides is 1. The van der Waals surface area contributed by atoms with Crippen LogP contribution in [0.4, 0.5) is 0 Å². The van der Waals surface area contributed by atoms with E-state index in [4.69, 9.17) is 0 Å². The van der Waals surface area contributed by atoms with Crippen molar-refractivity contribution in [1.82, 2.24) is 9.80 Å². The molecule has 28 heavy (non-hydrogen) atoms. The first-order chi connectivity index (χ1) is 13.3. The predicted molar refractivity (Wildman–Crippen MR) is 116 cm³/mol. The van der Waals surface area contributed by atoms with Gasteiger partial charge in [-0.25, -0.2) is 4.99 Å². The van der Waals surface area contributed by atoms with Gasteiger partial charge in [-0.15, -0.1) is 0 Å². The predicted octanol–water partition coefficient (Wildman–Crippen LogP) is 3.96. The molecule has 1 amide bonds. The van der Waals surface area contributed by atoms with Gasteiger partial charge in [-0.1, -0.05) is 50.5 Å². The van der Waals surface area contributed by atoms with E-state index in [-0.39, 0.29) is 5.91 Å². The smallest absolute Gasteiger partial charge is 0.222 e. The third kappa shape index (κ3) is 5.55. The van der Waals surface area contributed by atoms with Gasteiger partial charge in [-0.2, -0.15) is 0 Å². The largest absolute Gasteiger partial charge is 0.388 e. The molecule has 5 heteroatoms. The first kappa shape index (κ1) is 21.9. The lowest BCUT2D eigenvalue weighted by molar-refractivity contribution is -0.135. The maximum atomic E-state index is 12.6. The molecule has 152 valence electrons. The SMILES string of the molecule is C=C1N=CN(CC2(O)CCN(C(=O)CCC(/C=C\C)=C/CC)CC2)C(=C)C1=C. The number of aliphatic hydroxyl groups is 1. The fourth-order valence-corrected chi connectivity index (χ4v) is 3.55. The van der Waals surface area contributed by atoms with Crippen LogP contribution in [-0.2, 0) is 4.79 Å². The molecule has 0 aromatic heterocycles. The molecule has 1 saturated heterocycles. The van der Waals surface area contributed by atoms with Crippen molar-refractivity contribution < 1.29 is 9.90 Å². The average Bonchev–Trinajstić information content (AvgIpc) is 2.67. The van der Waals surface area contributed by atoms with Gasteiger partial charge in [0.25, 0.3) is 0 Å². The summed E-state index contributed by atoms with van der Waals surface area (Å²) in [5.41, 5.74) is 2.34. The number of likely N-dealkylation sites (tertiary alicyclic amines) is 1. The minimum Gasteiger partial charge on any atom is -0.388 e. The Morgan fingerprint density at radius 1 is 1.29 bits per heavy atom. The molecule has 2 heterocycles. The number of aliphatic imine (C=N–C) groups is 1. The quantitative estimate of drug-likeness (QED) is 0.677. The minimum absolute atomic E-state index is 0.155. The van der Waals surface area contributed by atoms with Crippen molar-refractivity contribution in [2.45, 2.75) is 51.6 Å². The monoisotopic (exact) mass is 383 g/mol. The van der Waals surface area contributed by atoms with Gasteiger partial charge in [0.15, 0.2) is 0 Å². The fraction of sp³-hybridized carbons (Fsp3) is 0.478. The first-order valence-corrected chi connectivity index (χ1v) is 10.00. The molecule has 0 spiro atoms. The van der Waals surface area contributed by atoms with E-state index in [1.165, 1.54) is 5.57 Å². The molecule has 0 aromatic carbocycles. The summed E-state index contributed by atoms with van der Waals surface area (Å²) in [6.07, 6.45) is 11.2. The molecule has 2 aliphatic rings. The Kier molecular flexibility index (Phi) is 7.58. The van der Waals surface area contributed by atoms with Crippen molar-refractivity contribution in [3.05, 3.63) is 60.5 Å². The number of hydrogen-bond acceptors (Lipinski definition) is 4. The van der Waals surface area contributed by atoms with E-state index in [9.17, 15) is 9.90 Å². The highest BCUT2D eigenvalue weighted by molar-refractivity contribution is 5.76. The Labute approximate surface area is 169 Å². The number of β-amino-alcohol motifs (C(OH)–C–C–N with tert-alkyl or cyclic N) is 1. The summed E-state index contributed by atoms with van der Waals surface area (Å²) in [7, 11) is 0. The zero-order valence-electron chi connectivity index (χ0n) is 17.3. The van der Waals surface area contributed by atoms with Crippen LogP contribution in [0, 0.1) is 0 Å². The molecule has 2 rings (SSSR count). The number of carbonyl (C=O) groups excluding carboxylic acids is 1. The molecule has 0 unspecified atom stereocenters. The molecule has 0 aliphatic carbocycles. The van der Waals surface area contributed by atoms with E-state index in [1.807, 2.05) is 22.8 Å². The van der Waals surface area contributed by atoms with Crippen LogP contribution >= 0.6 is 0 Å². The molecular formula is C23H33N3O2. The summed E-state index contributed by atoms with van der Waals surface area (Å²) in [6.45, 7) is 17.4. The van der Waals surface area contributed by atoms with E-state index < -0.39 is 5.60 Å². The molecular weight excluding hydrogens is 350 g/mol. The Morgan fingerprint density at radius 2 is 1.96 bits per heavy atom. The highest BCUT2D eigenvalue weighted by Crippen LogP contribution is 2.29. The normalized spacial score (nSPS) is 20.4. The lowest BCUT2D eigenvalue weighted by Crippen LogP contribution is -2.52. The van der Waals surface area contributed by atoms with Gasteiger partial charge in [-0.3, -0.25) is 4.79 Å². The van der Waals surface area contributed by atoms with E-state index in [2.05, 4.69) is 43.8 Å². The van der Waals surface area contributed by atoms with Gasteiger partial charge >= 0.3 is 0 Å². The van der Waals surface area contributed by atoms with Gasteiger partial charge in [0.1, 0.15) is 0 Å². The second-order valence-corrected chi connectivity index (χ2v) is 7.54. The maximum Gasteiger partial charge on any atom is 0.222 e. The van der Waals surface area contributed by atoms with Crippen molar-refractivity contribution in [3.8, 4) is 0 Å². The Hall–Kier alpha value is -2.40. The van der Waals surface area contributed by atoms with Crippen LogP contribution in [0.1, 0.15) is 46.0 Å². The summed E-state index contributed by atoms with van der Waals surface area (Å²) in [6, 6.07) is 0. The first-order valence-electron chi connectivity index (χ1n) is 10.00. The van der Waals surface area contributed by atoms with E-state index in [1.54, 1.807) is 6.34 Å². The number of allylic oxidation sites excluding steroid dienone is 4. The van der Waals surface area contributed by atoms with Gasteiger partial charge in [0.05, 0.1) is 24.2 Å². The second-order valence-electron chi connectivity index (χ2n) is 7.54. The number of carbonyl (C=O) groups is 1. The lowest BCUT2D eigenvalue weighted by Gasteiger charge is -2.41. The molecule has 1 N–H and O–H groups in total. The Bertz CT molecular complexity index is 722. The number of rotatable bonds is 7. The van der Waals surface area contributed by atoms with E-state index >= 15 is 0 Å². The molecule has 0 aromatic rings. The van der Waals surface area contributed by atoms with Crippen molar-refractivity contribution >= 4 is 12.2 Å². The van der Waals surface area contributed by atoms with Crippen LogP contribution in [0.2, 0.25) is 0 Å². The highest BCUT2D eigenvalue weighted by atomic mass is 16.3. The number of piperidine rings is 1. The van der Waals surface area contributed by atoms with Crippen molar-refractivity contribution in [1.29, 1.82) is 0 Å². The van der Waals surface area contributed by atoms with Gasteiger partial charge in [0, 0.05) is 30.8 Å². The van der Waals surface area contributed by atoms with Crippen LogP contribution in [0.25, 0.3) is 0 Å². The van der Waals surface area contributed by atoms with Gasteiger partial charge in [0.2, 0.25) is 5.91 Å². The zero-order chi connectivity index (χ0) is 20.7. The summed E-state index contributed by atoms with van der Waals surface area (Å²) in [5, 5.41) is 11.0. The Morgan fingerprint density at radius 3 is 2.57 bits per heavy atom. The average molecular weight is 384 g/mol. The second kappa shape index (κ2) is 9.69. The molecule has 0 saturated carbocycles. The van der Waals surface area contributed by atoms with Crippen LogP contribution < -0.4 is 0 Å². The molecule has 5 nitrogen and oxygen atoms in total. The van der Waals surface area contributed by atoms with Gasteiger partial charge < -0.3 is 14.9 Å². The van der Waals surface area contributed by atoms with Crippen molar-refractivity contribution in [2.24, 2.45) is 4.99 Å². The van der Waals surface area contributed by atoms with Crippen LogP contribution in [-0.4, -0.2) is 52.4 Å². The molecule has 1 fully saturated rings.